The highest BCUT2D eigenvalue weighted by Crippen LogP contribution is 2.21. The van der Waals surface area contributed by atoms with Gasteiger partial charge in [0.15, 0.2) is 0 Å². The summed E-state index contributed by atoms with van der Waals surface area (Å²) < 4.78 is 1.32. The van der Waals surface area contributed by atoms with Crippen molar-refractivity contribution in [1.82, 2.24) is 14.9 Å². The number of hydrogen-bond donors (Lipinski definition) is 2. The number of nitrogens with one attached hydrogen (secondary N) is 1. The first-order valence-electron chi connectivity index (χ1n) is 7.60. The van der Waals surface area contributed by atoms with E-state index in [-0.39, 0.29) is 31.7 Å². The molecule has 0 unspecified atom stereocenters. The molecule has 2 amide bonds. The van der Waals surface area contributed by atoms with Crippen LogP contribution in [0.4, 0.5) is 5.69 Å². The lowest BCUT2D eigenvalue weighted by molar-refractivity contribution is -0.135. The summed E-state index contributed by atoms with van der Waals surface area (Å²) in [7, 11) is 0. The second-order valence-electron chi connectivity index (χ2n) is 5.04. The van der Waals surface area contributed by atoms with E-state index in [9.17, 15) is 14.4 Å². The Kier molecular flexibility index (Phi) is 6.22. The highest BCUT2D eigenvalue weighted by molar-refractivity contribution is 5.99. The molecule has 3 rings (SSSR count). The van der Waals surface area contributed by atoms with E-state index in [1.165, 1.54) is 4.57 Å². The molecular formula is C17H24N4O3. The van der Waals surface area contributed by atoms with Gasteiger partial charge in [0.2, 0.25) is 11.8 Å². The fourth-order valence-corrected chi connectivity index (χ4v) is 2.67. The summed E-state index contributed by atoms with van der Waals surface area (Å²) in [5, 5.41) is 2.55. The van der Waals surface area contributed by atoms with Crippen molar-refractivity contribution in [2.75, 3.05) is 5.73 Å². The first kappa shape index (κ1) is 19.3. The quantitative estimate of drug-likeness (QED) is 0.613. The van der Waals surface area contributed by atoms with Crippen LogP contribution in [-0.4, -0.2) is 21.4 Å². The average Bonchev–Trinajstić information content (AvgIpc) is 2.51. The maximum atomic E-state index is 12.7. The Bertz CT molecular complexity index is 826. The first-order chi connectivity index (χ1) is 11.0. The second-order valence-corrected chi connectivity index (χ2v) is 5.04. The summed E-state index contributed by atoms with van der Waals surface area (Å²) in [5.41, 5.74) is 6.32. The number of imide groups is 1. The molecule has 0 radical (unpaired) electrons. The molecule has 2 heterocycles. The zero-order valence-corrected chi connectivity index (χ0v) is 13.4. The van der Waals surface area contributed by atoms with Crippen molar-refractivity contribution in [2.45, 2.75) is 47.1 Å². The van der Waals surface area contributed by atoms with E-state index in [0.717, 1.165) is 0 Å². The maximum Gasteiger partial charge on any atom is 0.264 e. The molecule has 7 heteroatoms. The summed E-state index contributed by atoms with van der Waals surface area (Å²) in [6, 6.07) is 4.32. The van der Waals surface area contributed by atoms with Gasteiger partial charge in [-0.15, -0.1) is 0 Å². The van der Waals surface area contributed by atoms with Gasteiger partial charge in [-0.1, -0.05) is 27.3 Å². The van der Waals surface area contributed by atoms with Gasteiger partial charge < -0.3 is 5.73 Å². The normalized spacial score (nSPS) is 16.7. The standard InChI is InChI=1S/C14H14N4O3.C2H6.CH4/c1-7-16-9-4-2-3-8(15)12(9)14(21)18(7)10-5-6-11(19)17-13(10)20;1-2;/h2-4,10H,5-6,15H2,1H3,(H,17,19,20);1-2H3;1H4/t10-;;/m1../s1. The Hall–Kier alpha value is -2.70. The Morgan fingerprint density at radius 3 is 2.54 bits per heavy atom. The number of amides is 2. The third-order valence-corrected chi connectivity index (χ3v) is 3.66. The van der Waals surface area contributed by atoms with Gasteiger partial charge in [0.25, 0.3) is 5.56 Å². The lowest BCUT2D eigenvalue weighted by atomic mass is 10.1. The summed E-state index contributed by atoms with van der Waals surface area (Å²) in [4.78, 5) is 40.2. The van der Waals surface area contributed by atoms with E-state index >= 15 is 0 Å². The van der Waals surface area contributed by atoms with E-state index in [1.54, 1.807) is 25.1 Å². The second kappa shape index (κ2) is 7.72. The minimum atomic E-state index is -0.730. The highest BCUT2D eigenvalue weighted by Gasteiger charge is 2.30. The zero-order chi connectivity index (χ0) is 17.1. The van der Waals surface area contributed by atoms with Crippen LogP contribution >= 0.6 is 0 Å². The molecule has 1 aliphatic heterocycles. The first-order valence-corrected chi connectivity index (χ1v) is 7.60. The van der Waals surface area contributed by atoms with Crippen molar-refractivity contribution >= 4 is 28.4 Å². The van der Waals surface area contributed by atoms with Gasteiger partial charge in [-0.2, -0.15) is 0 Å². The maximum absolute atomic E-state index is 12.7. The molecule has 0 bridgehead atoms. The van der Waals surface area contributed by atoms with Crippen molar-refractivity contribution in [3.8, 4) is 0 Å². The predicted octanol–water partition coefficient (Wildman–Crippen LogP) is 1.93. The van der Waals surface area contributed by atoms with Crippen LogP contribution < -0.4 is 16.6 Å². The summed E-state index contributed by atoms with van der Waals surface area (Å²) in [6.07, 6.45) is 0.482. The lowest BCUT2D eigenvalue weighted by Gasteiger charge is -2.24. The van der Waals surface area contributed by atoms with Gasteiger partial charge in [0.05, 0.1) is 10.9 Å². The number of fused-ring (bicyclic) bond motifs is 1. The third-order valence-electron chi connectivity index (χ3n) is 3.66. The van der Waals surface area contributed by atoms with Crippen LogP contribution in [0.5, 0.6) is 0 Å². The monoisotopic (exact) mass is 332 g/mol. The van der Waals surface area contributed by atoms with E-state index in [0.29, 0.717) is 22.4 Å². The van der Waals surface area contributed by atoms with Crippen molar-refractivity contribution in [1.29, 1.82) is 0 Å². The molecule has 1 aliphatic rings. The number of carbonyl (C=O) groups is 2. The third kappa shape index (κ3) is 3.29. The molecular weight excluding hydrogens is 308 g/mol. The number of aromatic nitrogens is 2. The number of benzene rings is 1. The molecule has 0 saturated carbocycles. The summed E-state index contributed by atoms with van der Waals surface area (Å²) in [6.45, 7) is 5.66. The van der Waals surface area contributed by atoms with Crippen LogP contribution in [0.2, 0.25) is 0 Å². The molecule has 1 fully saturated rings. The van der Waals surface area contributed by atoms with Gasteiger partial charge in [-0.05, 0) is 25.5 Å². The van der Waals surface area contributed by atoms with E-state index in [2.05, 4.69) is 10.3 Å². The molecule has 24 heavy (non-hydrogen) atoms. The molecule has 0 spiro atoms. The van der Waals surface area contributed by atoms with Crippen LogP contribution in [-0.2, 0) is 9.59 Å². The van der Waals surface area contributed by atoms with Gasteiger partial charge in [-0.25, -0.2) is 4.98 Å². The Balaban J connectivity index is 0.000000925. The SMILES string of the molecule is C.CC.Cc1nc2cccc(N)c2c(=O)n1[C@@H]1CCC(=O)NC1=O. The van der Waals surface area contributed by atoms with Gasteiger partial charge >= 0.3 is 0 Å². The number of nitrogens with two attached hydrogens (primary N) is 1. The summed E-state index contributed by atoms with van der Waals surface area (Å²) in [5.74, 6) is -0.380. The van der Waals surface area contributed by atoms with Crippen LogP contribution in [0.15, 0.2) is 23.0 Å². The topological polar surface area (TPSA) is 107 Å². The fourth-order valence-electron chi connectivity index (χ4n) is 2.67. The van der Waals surface area contributed by atoms with E-state index < -0.39 is 11.9 Å². The van der Waals surface area contributed by atoms with E-state index in [1.807, 2.05) is 13.8 Å². The molecule has 130 valence electrons. The number of nitrogen functional groups attached to an aromatic ring is 1. The predicted molar refractivity (Wildman–Crippen MR) is 94.7 cm³/mol. The Morgan fingerprint density at radius 1 is 1.25 bits per heavy atom. The van der Waals surface area contributed by atoms with Gasteiger partial charge in [0.1, 0.15) is 11.9 Å². The summed E-state index contributed by atoms with van der Waals surface area (Å²) >= 11 is 0. The minimum absolute atomic E-state index is 0. The largest absolute Gasteiger partial charge is 0.398 e. The van der Waals surface area contributed by atoms with Crippen LogP contribution in [0.3, 0.4) is 0 Å². The number of rotatable bonds is 1. The lowest BCUT2D eigenvalue weighted by Crippen LogP contribution is -2.45. The number of piperidine rings is 1. The van der Waals surface area contributed by atoms with Gasteiger partial charge in [0, 0.05) is 12.1 Å². The minimum Gasteiger partial charge on any atom is -0.398 e. The Labute approximate surface area is 140 Å². The average molecular weight is 332 g/mol. The smallest absolute Gasteiger partial charge is 0.264 e. The zero-order valence-electron chi connectivity index (χ0n) is 13.4. The van der Waals surface area contributed by atoms with Crippen LogP contribution in [0.1, 0.15) is 46.0 Å². The number of aryl methyl sites for hydroxylation is 1. The van der Waals surface area contributed by atoms with Crippen LogP contribution in [0, 0.1) is 6.92 Å². The molecule has 7 nitrogen and oxygen atoms in total. The van der Waals surface area contributed by atoms with Crippen molar-refractivity contribution in [3.05, 3.63) is 34.4 Å². The number of nitrogens with zero attached hydrogens (tertiary/aromatic N) is 2. The number of hydrogen-bond acceptors (Lipinski definition) is 5. The molecule has 1 aromatic heterocycles. The molecule has 1 aromatic carbocycles. The number of carbonyl (C=O) groups excluding carboxylic acids is 2. The highest BCUT2D eigenvalue weighted by atomic mass is 16.2. The van der Waals surface area contributed by atoms with Crippen molar-refractivity contribution < 1.29 is 9.59 Å². The molecule has 0 aliphatic carbocycles. The van der Waals surface area contributed by atoms with Gasteiger partial charge in [-0.3, -0.25) is 24.3 Å². The molecule has 2 aromatic rings. The van der Waals surface area contributed by atoms with E-state index in [4.69, 9.17) is 5.73 Å². The van der Waals surface area contributed by atoms with Crippen molar-refractivity contribution in [3.63, 3.8) is 0 Å². The Morgan fingerprint density at radius 2 is 1.92 bits per heavy atom. The fraction of sp³-hybridized carbons (Fsp3) is 0.412. The van der Waals surface area contributed by atoms with Crippen LogP contribution in [0.25, 0.3) is 10.9 Å². The molecule has 1 saturated heterocycles. The molecule has 1 atom stereocenters. The number of anilines is 1. The molecule has 3 N–H and O–H groups in total. The van der Waals surface area contributed by atoms with Crippen molar-refractivity contribution in [2.24, 2.45) is 0 Å².